The van der Waals surface area contributed by atoms with E-state index in [2.05, 4.69) is 84.9 Å². The minimum Gasteiger partial charge on any atom is -0.256 e. The number of thiophene rings is 1. The van der Waals surface area contributed by atoms with Gasteiger partial charge in [0, 0.05) is 48.3 Å². The van der Waals surface area contributed by atoms with E-state index < -0.39 is 0 Å². The normalized spacial score (nSPS) is 11.6. The van der Waals surface area contributed by atoms with Crippen molar-refractivity contribution in [3.05, 3.63) is 128 Å². The molecule has 0 saturated heterocycles. The van der Waals surface area contributed by atoms with Gasteiger partial charge < -0.3 is 0 Å². The van der Waals surface area contributed by atoms with Gasteiger partial charge >= 0.3 is 0 Å². The lowest BCUT2D eigenvalue weighted by molar-refractivity contribution is 1.23. The molecule has 0 aliphatic heterocycles. The molecule has 0 unspecified atom stereocenters. The van der Waals surface area contributed by atoms with Crippen molar-refractivity contribution in [2.45, 2.75) is 0 Å². The predicted molar refractivity (Wildman–Crippen MR) is 164 cm³/mol. The summed E-state index contributed by atoms with van der Waals surface area (Å²) in [6.45, 7) is 0. The molecule has 3 aromatic heterocycles. The largest absolute Gasteiger partial charge is 0.256 e. The smallest absolute Gasteiger partial charge is 0.160 e. The van der Waals surface area contributed by atoms with Crippen LogP contribution < -0.4 is 0 Å². The van der Waals surface area contributed by atoms with Crippen molar-refractivity contribution >= 4 is 53.3 Å². The highest BCUT2D eigenvalue weighted by molar-refractivity contribution is 7.25. The second-order valence-electron chi connectivity index (χ2n) is 9.65. The molecular formula is C35H21N3S. The van der Waals surface area contributed by atoms with Gasteiger partial charge in [0.2, 0.25) is 0 Å². The van der Waals surface area contributed by atoms with E-state index in [4.69, 9.17) is 15.0 Å². The summed E-state index contributed by atoms with van der Waals surface area (Å²) in [6, 6.07) is 42.4. The summed E-state index contributed by atoms with van der Waals surface area (Å²) in [7, 11) is 0. The molecule has 3 heterocycles. The van der Waals surface area contributed by atoms with Crippen molar-refractivity contribution in [1.82, 2.24) is 15.0 Å². The Labute approximate surface area is 229 Å². The third-order valence-electron chi connectivity index (χ3n) is 7.35. The molecule has 5 aromatic carbocycles. The van der Waals surface area contributed by atoms with Crippen LogP contribution in [0.4, 0.5) is 0 Å². The predicted octanol–water partition coefficient (Wildman–Crippen LogP) is 9.55. The Balaban J connectivity index is 1.36. The first-order valence-corrected chi connectivity index (χ1v) is 13.8. The number of fused-ring (bicyclic) bond motifs is 5. The number of hydrogen-bond acceptors (Lipinski definition) is 4. The van der Waals surface area contributed by atoms with Gasteiger partial charge in [-0.05, 0) is 41.5 Å². The van der Waals surface area contributed by atoms with E-state index in [1.165, 1.54) is 31.3 Å². The van der Waals surface area contributed by atoms with Gasteiger partial charge in [0.05, 0.1) is 16.7 Å². The molecule has 0 spiro atoms. The highest BCUT2D eigenvalue weighted by atomic mass is 32.1. The maximum Gasteiger partial charge on any atom is 0.160 e. The molecule has 0 fully saturated rings. The number of benzene rings is 5. The quantitative estimate of drug-likeness (QED) is 0.235. The SMILES string of the molecule is c1ccc(-c2nc(-c3ccc(-c4ccc5c(c4)sc4ccccc45)c4cccnc34)c3ccccc3n2)cc1. The number of hydrogen-bond donors (Lipinski definition) is 0. The van der Waals surface area contributed by atoms with Gasteiger partial charge in [-0.3, -0.25) is 4.98 Å². The lowest BCUT2D eigenvalue weighted by Crippen LogP contribution is -1.96. The van der Waals surface area contributed by atoms with Crippen LogP contribution in [-0.4, -0.2) is 15.0 Å². The second-order valence-corrected chi connectivity index (χ2v) is 10.7. The number of pyridine rings is 1. The van der Waals surface area contributed by atoms with Gasteiger partial charge in [0.1, 0.15) is 0 Å². The number of para-hydroxylation sites is 1. The molecule has 182 valence electrons. The van der Waals surface area contributed by atoms with Crippen LogP contribution in [0.1, 0.15) is 0 Å². The minimum absolute atomic E-state index is 0.715. The highest BCUT2D eigenvalue weighted by Crippen LogP contribution is 2.40. The van der Waals surface area contributed by atoms with Crippen molar-refractivity contribution < 1.29 is 0 Å². The summed E-state index contributed by atoms with van der Waals surface area (Å²) in [6.07, 6.45) is 1.87. The number of aromatic nitrogens is 3. The number of rotatable bonds is 3. The zero-order chi connectivity index (χ0) is 25.8. The van der Waals surface area contributed by atoms with Crippen LogP contribution in [0.3, 0.4) is 0 Å². The molecule has 0 saturated carbocycles. The second kappa shape index (κ2) is 8.83. The van der Waals surface area contributed by atoms with Gasteiger partial charge in [-0.25, -0.2) is 9.97 Å². The molecule has 0 N–H and O–H groups in total. The van der Waals surface area contributed by atoms with Crippen LogP contribution >= 0.6 is 11.3 Å². The van der Waals surface area contributed by atoms with Gasteiger partial charge in [0.25, 0.3) is 0 Å². The molecular weight excluding hydrogens is 494 g/mol. The third kappa shape index (κ3) is 3.61. The molecule has 39 heavy (non-hydrogen) atoms. The molecule has 0 aliphatic carbocycles. The van der Waals surface area contributed by atoms with E-state index in [0.717, 1.165) is 38.6 Å². The molecule has 0 bridgehead atoms. The summed E-state index contributed by atoms with van der Waals surface area (Å²) in [5, 5.41) is 4.75. The maximum atomic E-state index is 5.11. The number of nitrogens with zero attached hydrogens (tertiary/aromatic N) is 3. The third-order valence-corrected chi connectivity index (χ3v) is 8.48. The van der Waals surface area contributed by atoms with E-state index >= 15 is 0 Å². The molecule has 0 radical (unpaired) electrons. The lowest BCUT2D eigenvalue weighted by Gasteiger charge is -2.13. The van der Waals surface area contributed by atoms with Crippen molar-refractivity contribution in [3.63, 3.8) is 0 Å². The molecule has 4 heteroatoms. The zero-order valence-corrected chi connectivity index (χ0v) is 21.7. The summed E-state index contributed by atoms with van der Waals surface area (Å²) in [5.74, 6) is 0.715. The summed E-state index contributed by atoms with van der Waals surface area (Å²) < 4.78 is 2.61. The van der Waals surface area contributed by atoms with Crippen LogP contribution in [0.5, 0.6) is 0 Å². The fourth-order valence-electron chi connectivity index (χ4n) is 5.51. The van der Waals surface area contributed by atoms with E-state index in [-0.39, 0.29) is 0 Å². The van der Waals surface area contributed by atoms with E-state index in [9.17, 15) is 0 Å². The summed E-state index contributed by atoms with van der Waals surface area (Å²) in [5.41, 5.74) is 7.12. The molecule has 8 aromatic rings. The maximum absolute atomic E-state index is 5.11. The fourth-order valence-corrected chi connectivity index (χ4v) is 6.65. The Hall–Kier alpha value is -4.93. The Morgan fingerprint density at radius 3 is 2.15 bits per heavy atom. The topological polar surface area (TPSA) is 38.7 Å². The van der Waals surface area contributed by atoms with Crippen molar-refractivity contribution in [3.8, 4) is 33.8 Å². The zero-order valence-electron chi connectivity index (χ0n) is 20.9. The minimum atomic E-state index is 0.715. The van der Waals surface area contributed by atoms with Crippen molar-refractivity contribution in [2.75, 3.05) is 0 Å². The van der Waals surface area contributed by atoms with E-state index in [1.54, 1.807) is 0 Å². The Morgan fingerprint density at radius 2 is 1.23 bits per heavy atom. The average Bonchev–Trinajstić information content (AvgIpc) is 3.38. The van der Waals surface area contributed by atoms with Gasteiger partial charge in [-0.1, -0.05) is 91.0 Å². The van der Waals surface area contributed by atoms with Crippen LogP contribution in [-0.2, 0) is 0 Å². The lowest BCUT2D eigenvalue weighted by atomic mass is 9.95. The van der Waals surface area contributed by atoms with Gasteiger partial charge in [-0.2, -0.15) is 0 Å². The highest BCUT2D eigenvalue weighted by Gasteiger charge is 2.17. The average molecular weight is 516 g/mol. The Morgan fingerprint density at radius 1 is 0.487 bits per heavy atom. The summed E-state index contributed by atoms with van der Waals surface area (Å²) >= 11 is 1.84. The van der Waals surface area contributed by atoms with Gasteiger partial charge in [0.15, 0.2) is 5.82 Å². The molecule has 8 rings (SSSR count). The standard InChI is InChI=1S/C35H21N3S/c1-2-9-22(10-3-1)35-37-30-14-6-4-12-28(30)34(38-35)29-19-18-24(27-13-8-20-36-33(27)29)23-16-17-26-25-11-5-7-15-31(25)39-32(26)21-23/h1-21H. The van der Waals surface area contributed by atoms with Gasteiger partial charge in [-0.15, -0.1) is 11.3 Å². The van der Waals surface area contributed by atoms with Crippen molar-refractivity contribution in [2.24, 2.45) is 0 Å². The Bertz CT molecular complexity index is 2180. The first-order valence-electron chi connectivity index (χ1n) is 13.0. The van der Waals surface area contributed by atoms with Crippen LogP contribution in [0, 0.1) is 0 Å². The first kappa shape index (κ1) is 22.1. The van der Waals surface area contributed by atoms with E-state index in [1.807, 2.05) is 53.9 Å². The fraction of sp³-hybridized carbons (Fsp3) is 0. The molecule has 0 amide bonds. The summed E-state index contributed by atoms with van der Waals surface area (Å²) in [4.78, 5) is 14.9. The van der Waals surface area contributed by atoms with Crippen molar-refractivity contribution in [1.29, 1.82) is 0 Å². The van der Waals surface area contributed by atoms with E-state index in [0.29, 0.717) is 5.82 Å². The molecule has 0 aliphatic rings. The first-order chi connectivity index (χ1) is 19.3. The monoisotopic (exact) mass is 515 g/mol. The van der Waals surface area contributed by atoms with Crippen LogP contribution in [0.15, 0.2) is 128 Å². The Kier molecular flexibility index (Phi) is 5.00. The van der Waals surface area contributed by atoms with Crippen LogP contribution in [0.25, 0.3) is 75.8 Å². The molecule has 3 nitrogen and oxygen atoms in total. The van der Waals surface area contributed by atoms with Crippen LogP contribution in [0.2, 0.25) is 0 Å². The molecule has 0 atom stereocenters.